The Labute approximate surface area is 196 Å². The molecule has 1 fully saturated rings. The molecule has 1 saturated carbocycles. The van der Waals surface area contributed by atoms with Crippen LogP contribution in [-0.4, -0.2) is 12.1 Å². The van der Waals surface area contributed by atoms with Crippen LogP contribution in [0.2, 0.25) is 0 Å². The van der Waals surface area contributed by atoms with Gasteiger partial charge in [-0.1, -0.05) is 88.6 Å². The molecule has 0 bridgehead atoms. The highest BCUT2D eigenvalue weighted by Crippen LogP contribution is 2.20. The first kappa shape index (κ1) is 27.0. The van der Waals surface area contributed by atoms with Crippen LogP contribution in [-0.2, 0) is 19.5 Å². The van der Waals surface area contributed by atoms with Gasteiger partial charge in [0, 0.05) is 25.2 Å². The predicted molar refractivity (Wildman–Crippen MR) is 135 cm³/mol. The van der Waals surface area contributed by atoms with Crippen molar-refractivity contribution in [3.8, 4) is 0 Å². The van der Waals surface area contributed by atoms with Gasteiger partial charge in [0.15, 0.2) is 0 Å². The van der Waals surface area contributed by atoms with Crippen LogP contribution in [0.5, 0.6) is 0 Å². The van der Waals surface area contributed by atoms with Crippen LogP contribution >= 0.6 is 24.8 Å². The van der Waals surface area contributed by atoms with Crippen molar-refractivity contribution in [2.24, 2.45) is 0 Å². The lowest BCUT2D eigenvalue weighted by molar-refractivity contribution is 0.281. The molecule has 0 aromatic heterocycles. The summed E-state index contributed by atoms with van der Waals surface area (Å²) in [4.78, 5) is 0. The highest BCUT2D eigenvalue weighted by molar-refractivity contribution is 5.85. The van der Waals surface area contributed by atoms with Crippen LogP contribution in [0.15, 0.2) is 48.5 Å². The molecule has 1 aliphatic carbocycles. The molecule has 3 rings (SSSR count). The molecule has 0 spiro atoms. The van der Waals surface area contributed by atoms with Gasteiger partial charge in [-0.3, -0.25) is 0 Å². The third-order valence-corrected chi connectivity index (χ3v) is 6.11. The van der Waals surface area contributed by atoms with Gasteiger partial charge in [0.05, 0.1) is 0 Å². The second-order valence-corrected chi connectivity index (χ2v) is 8.72. The first-order chi connectivity index (χ1) is 13.7. The molecule has 2 unspecified atom stereocenters. The molecule has 2 aromatic carbocycles. The zero-order valence-electron chi connectivity index (χ0n) is 18.8. The molecular formula is C26H40Cl2N2. The molecule has 1 aliphatic rings. The number of benzene rings is 2. The maximum absolute atomic E-state index is 3.84. The fourth-order valence-corrected chi connectivity index (χ4v) is 4.25. The average Bonchev–Trinajstić information content (AvgIpc) is 2.73. The van der Waals surface area contributed by atoms with E-state index in [-0.39, 0.29) is 24.8 Å². The van der Waals surface area contributed by atoms with E-state index in [0.717, 1.165) is 13.1 Å². The predicted octanol–water partition coefficient (Wildman–Crippen LogP) is 6.80. The lowest BCUT2D eigenvalue weighted by Crippen LogP contribution is -2.49. The van der Waals surface area contributed by atoms with Crippen molar-refractivity contribution in [1.82, 2.24) is 10.6 Å². The Bertz CT molecular complexity index is 698. The molecule has 0 saturated heterocycles. The normalized spacial score (nSPS) is 18.5. The number of halogens is 2. The molecule has 0 heterocycles. The zero-order chi connectivity index (χ0) is 19.8. The third-order valence-electron chi connectivity index (χ3n) is 6.11. The van der Waals surface area contributed by atoms with E-state index in [2.05, 4.69) is 79.9 Å². The van der Waals surface area contributed by atoms with Crippen LogP contribution in [0.4, 0.5) is 0 Å². The van der Waals surface area contributed by atoms with Gasteiger partial charge >= 0.3 is 0 Å². The first-order valence-corrected chi connectivity index (χ1v) is 11.3. The number of rotatable bonds is 9. The summed E-state index contributed by atoms with van der Waals surface area (Å²) in [7, 11) is 0. The molecule has 2 atom stereocenters. The van der Waals surface area contributed by atoms with Crippen molar-refractivity contribution in [3.05, 3.63) is 70.8 Å². The Kier molecular flexibility index (Phi) is 12.7. The monoisotopic (exact) mass is 450 g/mol. The zero-order valence-corrected chi connectivity index (χ0v) is 20.5. The molecule has 2 nitrogen and oxygen atoms in total. The second kappa shape index (κ2) is 14.1. The van der Waals surface area contributed by atoms with Crippen LogP contribution in [0.3, 0.4) is 0 Å². The minimum atomic E-state index is 0. The second-order valence-electron chi connectivity index (χ2n) is 8.72. The van der Waals surface area contributed by atoms with Crippen molar-refractivity contribution in [3.63, 3.8) is 0 Å². The van der Waals surface area contributed by atoms with Gasteiger partial charge in [0.2, 0.25) is 0 Å². The van der Waals surface area contributed by atoms with E-state index in [1.54, 1.807) is 0 Å². The molecule has 0 radical (unpaired) electrons. The lowest BCUT2D eigenvalue weighted by Gasteiger charge is -2.33. The van der Waals surface area contributed by atoms with Crippen molar-refractivity contribution < 1.29 is 0 Å². The van der Waals surface area contributed by atoms with Gasteiger partial charge in [-0.15, -0.1) is 24.8 Å². The molecular weight excluding hydrogens is 411 g/mol. The summed E-state index contributed by atoms with van der Waals surface area (Å²) in [5, 5.41) is 7.67. The Morgan fingerprint density at radius 1 is 0.733 bits per heavy atom. The molecule has 2 aromatic rings. The van der Waals surface area contributed by atoms with E-state index in [0.29, 0.717) is 18.0 Å². The van der Waals surface area contributed by atoms with Crippen molar-refractivity contribution >= 4 is 24.8 Å². The Balaban J connectivity index is 0.00000225. The highest BCUT2D eigenvalue weighted by Gasteiger charge is 2.24. The summed E-state index contributed by atoms with van der Waals surface area (Å²) < 4.78 is 0. The van der Waals surface area contributed by atoms with Gasteiger partial charge in [-0.2, -0.15) is 0 Å². The Morgan fingerprint density at radius 3 is 1.60 bits per heavy atom. The maximum atomic E-state index is 3.84. The van der Waals surface area contributed by atoms with E-state index < -0.39 is 0 Å². The smallest absolute Gasteiger partial charge is 0.0224 e. The van der Waals surface area contributed by atoms with Crippen LogP contribution in [0, 0.1) is 0 Å². The standard InChI is InChI=1S/C26H38N2.2ClH/c1-4-7-21-10-12-22(13-11-21)18-27-25-8-5-6-9-26(25)28-19-23-14-16-24(17-15-23)20(2)3;;/h10-17,20,25-28H,4-9,18-19H2,1-3H3;2*1H. The molecule has 4 heteroatoms. The van der Waals surface area contributed by atoms with Crippen LogP contribution in [0.1, 0.15) is 81.0 Å². The highest BCUT2D eigenvalue weighted by atomic mass is 35.5. The molecule has 168 valence electrons. The summed E-state index contributed by atoms with van der Waals surface area (Å²) in [5.74, 6) is 0.602. The number of aryl methyl sites for hydroxylation is 1. The number of nitrogens with one attached hydrogen (secondary N) is 2. The summed E-state index contributed by atoms with van der Waals surface area (Å²) in [5.41, 5.74) is 5.66. The minimum absolute atomic E-state index is 0. The average molecular weight is 452 g/mol. The molecule has 0 aliphatic heterocycles. The largest absolute Gasteiger partial charge is 0.308 e. The number of hydrogen-bond donors (Lipinski definition) is 2. The summed E-state index contributed by atoms with van der Waals surface area (Å²) in [6, 6.07) is 19.4. The van der Waals surface area contributed by atoms with Gasteiger partial charge < -0.3 is 10.6 Å². The van der Waals surface area contributed by atoms with E-state index in [1.165, 1.54) is 60.8 Å². The van der Waals surface area contributed by atoms with Gasteiger partial charge in [0.25, 0.3) is 0 Å². The fourth-order valence-electron chi connectivity index (χ4n) is 4.25. The van der Waals surface area contributed by atoms with Gasteiger partial charge in [-0.05, 0) is 47.4 Å². The van der Waals surface area contributed by atoms with E-state index in [9.17, 15) is 0 Å². The Hall–Kier alpha value is -1.06. The van der Waals surface area contributed by atoms with Gasteiger partial charge in [-0.25, -0.2) is 0 Å². The van der Waals surface area contributed by atoms with Crippen LogP contribution < -0.4 is 10.6 Å². The molecule has 2 N–H and O–H groups in total. The molecule has 0 amide bonds. The van der Waals surface area contributed by atoms with E-state index in [1.807, 2.05) is 0 Å². The fraction of sp³-hybridized carbons (Fsp3) is 0.538. The lowest BCUT2D eigenvalue weighted by atomic mass is 9.90. The van der Waals surface area contributed by atoms with E-state index >= 15 is 0 Å². The third kappa shape index (κ3) is 8.23. The van der Waals surface area contributed by atoms with Gasteiger partial charge in [0.1, 0.15) is 0 Å². The first-order valence-electron chi connectivity index (χ1n) is 11.3. The molecule has 30 heavy (non-hydrogen) atoms. The van der Waals surface area contributed by atoms with Crippen molar-refractivity contribution in [1.29, 1.82) is 0 Å². The Morgan fingerprint density at radius 2 is 1.17 bits per heavy atom. The number of hydrogen-bond acceptors (Lipinski definition) is 2. The topological polar surface area (TPSA) is 24.1 Å². The summed E-state index contributed by atoms with van der Waals surface area (Å²) in [6.45, 7) is 8.68. The summed E-state index contributed by atoms with van der Waals surface area (Å²) >= 11 is 0. The quantitative estimate of drug-likeness (QED) is 0.438. The minimum Gasteiger partial charge on any atom is -0.308 e. The SMILES string of the molecule is CCCc1ccc(CNC2CCCCC2NCc2ccc(C(C)C)cc2)cc1.Cl.Cl. The van der Waals surface area contributed by atoms with Crippen molar-refractivity contribution in [2.75, 3.05) is 0 Å². The van der Waals surface area contributed by atoms with E-state index in [4.69, 9.17) is 0 Å². The maximum Gasteiger partial charge on any atom is 0.0224 e. The van der Waals surface area contributed by atoms with Crippen LogP contribution in [0.25, 0.3) is 0 Å². The summed E-state index contributed by atoms with van der Waals surface area (Å²) in [6.07, 6.45) is 7.63. The van der Waals surface area contributed by atoms with Crippen molar-refractivity contribution in [2.45, 2.75) is 90.4 Å².